The van der Waals surface area contributed by atoms with Gasteiger partial charge < -0.3 is 20.1 Å². The van der Waals surface area contributed by atoms with Gasteiger partial charge >= 0.3 is 6.09 Å². The average Bonchev–Trinajstić information content (AvgIpc) is 3.27. The van der Waals surface area contributed by atoms with E-state index in [-0.39, 0.29) is 12.2 Å². The lowest BCUT2D eigenvalue weighted by atomic mass is 10.0. The van der Waals surface area contributed by atoms with Crippen molar-refractivity contribution < 1.29 is 14.3 Å². The van der Waals surface area contributed by atoms with Crippen molar-refractivity contribution in [3.63, 3.8) is 0 Å². The maximum Gasteiger partial charge on any atom is 0.407 e. The number of hydrogen-bond acceptors (Lipinski definition) is 6. The number of fused-ring (bicyclic) bond motifs is 7. The van der Waals surface area contributed by atoms with Crippen molar-refractivity contribution in [2.45, 2.75) is 44.3 Å². The van der Waals surface area contributed by atoms with Crippen LogP contribution in [0.1, 0.15) is 43.0 Å². The molecule has 0 aromatic carbocycles. The van der Waals surface area contributed by atoms with Gasteiger partial charge in [0.2, 0.25) is 0 Å². The van der Waals surface area contributed by atoms with Gasteiger partial charge in [0.1, 0.15) is 6.10 Å². The van der Waals surface area contributed by atoms with Crippen LogP contribution in [0.2, 0.25) is 0 Å². The van der Waals surface area contributed by atoms with E-state index in [1.807, 2.05) is 18.2 Å². The third kappa shape index (κ3) is 4.13. The summed E-state index contributed by atoms with van der Waals surface area (Å²) in [6.45, 7) is 1.51. The number of carbonyl (C=O) groups excluding carboxylic acids is 1. The number of anilines is 2. The minimum Gasteiger partial charge on any atom is -0.446 e. The molecule has 26 heavy (non-hydrogen) atoms. The van der Waals surface area contributed by atoms with Gasteiger partial charge in [0, 0.05) is 42.7 Å². The number of rotatable bonds is 0. The Kier molecular flexibility index (Phi) is 5.01. The second-order valence-corrected chi connectivity index (χ2v) is 6.74. The Morgan fingerprint density at radius 3 is 3.15 bits per heavy atom. The van der Waals surface area contributed by atoms with Crippen LogP contribution in [0.3, 0.4) is 0 Å². The molecule has 8 nitrogen and oxygen atoms in total. The SMILES string of the molecule is O=C1NCCCOCc2cc(ccn2)Nc2cc([nH]n2)[C@H]2CC[C@H](C2)O1. The van der Waals surface area contributed by atoms with Crippen molar-refractivity contribution in [2.24, 2.45) is 0 Å². The summed E-state index contributed by atoms with van der Waals surface area (Å²) in [5.41, 5.74) is 2.84. The Morgan fingerprint density at radius 2 is 2.19 bits per heavy atom. The molecule has 1 fully saturated rings. The van der Waals surface area contributed by atoms with Crippen LogP contribution >= 0.6 is 0 Å². The van der Waals surface area contributed by atoms with Crippen LogP contribution in [0, 0.1) is 0 Å². The van der Waals surface area contributed by atoms with Crippen molar-refractivity contribution in [2.75, 3.05) is 18.5 Å². The molecule has 1 aliphatic carbocycles. The van der Waals surface area contributed by atoms with Gasteiger partial charge in [-0.1, -0.05) is 0 Å². The van der Waals surface area contributed by atoms with Gasteiger partial charge in [0.25, 0.3) is 0 Å². The summed E-state index contributed by atoms with van der Waals surface area (Å²) in [5.74, 6) is 1.09. The molecule has 2 aromatic heterocycles. The first-order chi connectivity index (χ1) is 12.8. The van der Waals surface area contributed by atoms with E-state index in [1.54, 1.807) is 6.20 Å². The fraction of sp³-hybridized carbons (Fsp3) is 0.500. The molecule has 2 aromatic rings. The number of hydrogen-bond donors (Lipinski definition) is 3. The van der Waals surface area contributed by atoms with Crippen LogP contribution in [0.4, 0.5) is 16.3 Å². The molecule has 3 heterocycles. The molecule has 0 saturated heterocycles. The van der Waals surface area contributed by atoms with Gasteiger partial charge in [-0.2, -0.15) is 5.10 Å². The van der Waals surface area contributed by atoms with Crippen LogP contribution in [-0.4, -0.2) is 40.5 Å². The molecule has 8 heteroatoms. The lowest BCUT2D eigenvalue weighted by Gasteiger charge is -2.13. The monoisotopic (exact) mass is 357 g/mol. The smallest absolute Gasteiger partial charge is 0.407 e. The van der Waals surface area contributed by atoms with Crippen LogP contribution < -0.4 is 10.6 Å². The highest BCUT2D eigenvalue weighted by molar-refractivity contribution is 5.67. The van der Waals surface area contributed by atoms with Crippen molar-refractivity contribution >= 4 is 17.6 Å². The first-order valence-electron chi connectivity index (χ1n) is 9.06. The second-order valence-electron chi connectivity index (χ2n) is 6.74. The lowest BCUT2D eigenvalue weighted by molar-refractivity contribution is 0.0956. The molecule has 6 bridgehead atoms. The van der Waals surface area contributed by atoms with Gasteiger partial charge in [-0.05, 0) is 37.8 Å². The number of nitrogens with one attached hydrogen (secondary N) is 3. The van der Waals surface area contributed by atoms with Crippen LogP contribution in [0.15, 0.2) is 24.4 Å². The number of amides is 1. The quantitative estimate of drug-likeness (QED) is 0.670. The zero-order valence-electron chi connectivity index (χ0n) is 14.5. The molecule has 0 spiro atoms. The first-order valence-corrected chi connectivity index (χ1v) is 9.06. The van der Waals surface area contributed by atoms with E-state index < -0.39 is 0 Å². The van der Waals surface area contributed by atoms with E-state index in [9.17, 15) is 4.79 Å². The highest BCUT2D eigenvalue weighted by atomic mass is 16.6. The second kappa shape index (κ2) is 7.74. The normalized spacial score (nSPS) is 23.9. The topological polar surface area (TPSA) is 101 Å². The molecule has 1 aliphatic heterocycles. The fourth-order valence-corrected chi connectivity index (χ4v) is 3.46. The number of alkyl carbamates (subject to hydrolysis) is 1. The molecule has 1 saturated carbocycles. The van der Waals surface area contributed by atoms with Crippen LogP contribution in [0.5, 0.6) is 0 Å². The summed E-state index contributed by atoms with van der Waals surface area (Å²) in [6.07, 6.45) is 4.76. The number of ether oxygens (including phenoxy) is 2. The predicted octanol–water partition coefficient (Wildman–Crippen LogP) is 2.83. The molecule has 138 valence electrons. The standard InChI is InChI=1S/C18H23N5O3/c24-18-20-5-1-7-25-11-14-9-13(4-6-19-14)21-17-10-16(22-23-17)12-2-3-15(8-12)26-18/h4,6,9-10,12,15H,1-3,5,7-8,11H2,(H,20,24)(H2,21,22,23)/t12-,15+/m0/s1. The zero-order valence-corrected chi connectivity index (χ0v) is 14.5. The molecule has 2 aliphatic rings. The number of aromatic amines is 1. The van der Waals surface area contributed by atoms with E-state index in [0.29, 0.717) is 25.7 Å². The Labute approximate surface area is 151 Å². The van der Waals surface area contributed by atoms with Gasteiger partial charge in [0.15, 0.2) is 5.82 Å². The summed E-state index contributed by atoms with van der Waals surface area (Å²) in [5, 5.41) is 13.5. The number of nitrogens with zero attached hydrogens (tertiary/aromatic N) is 2. The number of pyridine rings is 1. The number of H-pyrrole nitrogens is 1. The molecule has 1 amide bonds. The van der Waals surface area contributed by atoms with E-state index in [4.69, 9.17) is 9.47 Å². The Balaban J connectivity index is 1.51. The zero-order chi connectivity index (χ0) is 17.8. The molecule has 4 rings (SSSR count). The van der Waals surface area contributed by atoms with Gasteiger partial charge in [0.05, 0.1) is 12.3 Å². The maximum atomic E-state index is 11.9. The van der Waals surface area contributed by atoms with Crippen molar-refractivity contribution in [3.8, 4) is 0 Å². The van der Waals surface area contributed by atoms with E-state index in [0.717, 1.165) is 48.6 Å². The van der Waals surface area contributed by atoms with E-state index >= 15 is 0 Å². The number of aromatic nitrogens is 3. The Morgan fingerprint density at radius 1 is 1.23 bits per heavy atom. The summed E-state index contributed by atoms with van der Waals surface area (Å²) >= 11 is 0. The van der Waals surface area contributed by atoms with Crippen LogP contribution in [0.25, 0.3) is 0 Å². The Hall–Kier alpha value is -2.61. The fourth-order valence-electron chi connectivity index (χ4n) is 3.46. The predicted molar refractivity (Wildman–Crippen MR) is 95.2 cm³/mol. The molecule has 0 unspecified atom stereocenters. The molecule has 2 atom stereocenters. The molecule has 3 N–H and O–H groups in total. The van der Waals surface area contributed by atoms with Gasteiger partial charge in [-0.15, -0.1) is 0 Å². The largest absolute Gasteiger partial charge is 0.446 e. The summed E-state index contributed by atoms with van der Waals surface area (Å²) in [6, 6.07) is 5.89. The van der Waals surface area contributed by atoms with Gasteiger partial charge in [-0.3, -0.25) is 10.1 Å². The summed E-state index contributed by atoms with van der Waals surface area (Å²) in [4.78, 5) is 16.2. The molecule has 0 radical (unpaired) electrons. The van der Waals surface area contributed by atoms with Crippen LogP contribution in [-0.2, 0) is 16.1 Å². The summed E-state index contributed by atoms with van der Waals surface area (Å²) in [7, 11) is 0. The average molecular weight is 357 g/mol. The minimum absolute atomic E-state index is 0.0439. The van der Waals surface area contributed by atoms with E-state index in [1.165, 1.54) is 0 Å². The minimum atomic E-state index is -0.349. The van der Waals surface area contributed by atoms with E-state index in [2.05, 4.69) is 25.8 Å². The van der Waals surface area contributed by atoms with Crippen molar-refractivity contribution in [3.05, 3.63) is 35.8 Å². The highest BCUT2D eigenvalue weighted by Crippen LogP contribution is 2.36. The lowest BCUT2D eigenvalue weighted by Crippen LogP contribution is -2.29. The van der Waals surface area contributed by atoms with Gasteiger partial charge in [-0.25, -0.2) is 4.79 Å². The van der Waals surface area contributed by atoms with Crippen molar-refractivity contribution in [1.82, 2.24) is 20.5 Å². The Bertz CT molecular complexity index is 763. The molecular formula is C18H23N5O3. The summed E-state index contributed by atoms with van der Waals surface area (Å²) < 4.78 is 11.1. The maximum absolute atomic E-state index is 11.9. The molecular weight excluding hydrogens is 334 g/mol. The first kappa shape index (κ1) is 16.8. The number of carbonyl (C=O) groups is 1. The highest BCUT2D eigenvalue weighted by Gasteiger charge is 2.29. The third-order valence-corrected chi connectivity index (χ3v) is 4.77. The van der Waals surface area contributed by atoms with Crippen molar-refractivity contribution in [1.29, 1.82) is 0 Å². The third-order valence-electron chi connectivity index (χ3n) is 4.77.